The second-order valence-corrected chi connectivity index (χ2v) is 5.73. The SMILES string of the molecule is Cn1[nH]c(=O)c2c1CN(C(=O)Cn1nnc3ccccc31)CC2. The molecule has 3 heterocycles. The molecule has 1 aromatic carbocycles. The van der Waals surface area contributed by atoms with Crippen molar-refractivity contribution in [3.8, 4) is 0 Å². The van der Waals surface area contributed by atoms with Crippen molar-refractivity contribution in [3.05, 3.63) is 45.9 Å². The minimum absolute atomic E-state index is 0.0278. The highest BCUT2D eigenvalue weighted by atomic mass is 16.2. The Morgan fingerprint density at radius 1 is 1.35 bits per heavy atom. The highest BCUT2D eigenvalue weighted by Crippen LogP contribution is 2.16. The standard InChI is InChI=1S/C15H16N6O2/c1-19-13-8-20(7-6-10(13)15(23)17-19)14(22)9-21-12-5-3-2-4-11(12)16-18-21/h2-5H,6-9H2,1H3,(H,17,23). The van der Waals surface area contributed by atoms with Crippen molar-refractivity contribution in [1.82, 2.24) is 29.7 Å². The van der Waals surface area contributed by atoms with Gasteiger partial charge in [-0.1, -0.05) is 17.3 Å². The lowest BCUT2D eigenvalue weighted by Gasteiger charge is -2.27. The molecule has 0 bridgehead atoms. The summed E-state index contributed by atoms with van der Waals surface area (Å²) in [6.07, 6.45) is 0.579. The van der Waals surface area contributed by atoms with Crippen LogP contribution in [-0.4, -0.2) is 42.1 Å². The first-order valence-corrected chi connectivity index (χ1v) is 7.46. The summed E-state index contributed by atoms with van der Waals surface area (Å²) in [5.41, 5.74) is 3.21. The van der Waals surface area contributed by atoms with E-state index in [1.807, 2.05) is 24.3 Å². The highest BCUT2D eigenvalue weighted by Gasteiger charge is 2.25. The summed E-state index contributed by atoms with van der Waals surface area (Å²) in [5, 5.41) is 10.9. The molecule has 0 unspecified atom stereocenters. The summed E-state index contributed by atoms with van der Waals surface area (Å²) in [6.45, 7) is 1.13. The number of benzene rings is 1. The number of aromatic amines is 1. The number of nitrogens with zero attached hydrogens (tertiary/aromatic N) is 5. The third-order valence-corrected chi connectivity index (χ3v) is 4.33. The average molecular weight is 312 g/mol. The minimum atomic E-state index is -0.0585. The summed E-state index contributed by atoms with van der Waals surface area (Å²) in [5.74, 6) is -0.0278. The van der Waals surface area contributed by atoms with Crippen molar-refractivity contribution in [3.63, 3.8) is 0 Å². The molecule has 0 saturated heterocycles. The van der Waals surface area contributed by atoms with Gasteiger partial charge in [-0.05, 0) is 18.6 Å². The van der Waals surface area contributed by atoms with Crippen molar-refractivity contribution in [2.45, 2.75) is 19.5 Å². The van der Waals surface area contributed by atoms with Crippen LogP contribution in [0.5, 0.6) is 0 Å². The molecule has 0 spiro atoms. The number of hydrogen-bond acceptors (Lipinski definition) is 4. The number of aryl methyl sites for hydroxylation is 1. The summed E-state index contributed by atoms with van der Waals surface area (Å²) in [6, 6.07) is 7.55. The maximum Gasteiger partial charge on any atom is 0.267 e. The van der Waals surface area contributed by atoms with Crippen LogP contribution in [0.25, 0.3) is 11.0 Å². The van der Waals surface area contributed by atoms with Crippen LogP contribution < -0.4 is 5.56 Å². The van der Waals surface area contributed by atoms with Gasteiger partial charge in [0.15, 0.2) is 0 Å². The van der Waals surface area contributed by atoms with E-state index in [9.17, 15) is 9.59 Å². The minimum Gasteiger partial charge on any atom is -0.335 e. The Hall–Kier alpha value is -2.90. The molecule has 0 fully saturated rings. The Morgan fingerprint density at radius 3 is 3.04 bits per heavy atom. The molecule has 3 aromatic rings. The zero-order chi connectivity index (χ0) is 16.0. The van der Waals surface area contributed by atoms with Crippen LogP contribution in [0.3, 0.4) is 0 Å². The first-order valence-electron chi connectivity index (χ1n) is 7.46. The number of rotatable bonds is 2. The van der Waals surface area contributed by atoms with Crippen LogP contribution >= 0.6 is 0 Å². The molecule has 0 aliphatic carbocycles. The number of carbonyl (C=O) groups excluding carboxylic acids is 1. The fourth-order valence-corrected chi connectivity index (χ4v) is 3.06. The molecular formula is C15H16N6O2. The number of aromatic nitrogens is 5. The van der Waals surface area contributed by atoms with Crippen LogP contribution in [0, 0.1) is 0 Å². The molecule has 2 aromatic heterocycles. The van der Waals surface area contributed by atoms with Crippen LogP contribution in [0.1, 0.15) is 11.3 Å². The second kappa shape index (κ2) is 5.08. The molecule has 1 aliphatic heterocycles. The third-order valence-electron chi connectivity index (χ3n) is 4.33. The zero-order valence-corrected chi connectivity index (χ0v) is 12.7. The second-order valence-electron chi connectivity index (χ2n) is 5.73. The van der Waals surface area contributed by atoms with Gasteiger partial charge in [-0.15, -0.1) is 5.10 Å². The normalized spacial score (nSPS) is 14.2. The van der Waals surface area contributed by atoms with Crippen molar-refractivity contribution in [1.29, 1.82) is 0 Å². The molecule has 118 valence electrons. The fourth-order valence-electron chi connectivity index (χ4n) is 3.06. The van der Waals surface area contributed by atoms with E-state index in [-0.39, 0.29) is 18.0 Å². The summed E-state index contributed by atoms with van der Waals surface area (Å²) >= 11 is 0. The summed E-state index contributed by atoms with van der Waals surface area (Å²) in [4.78, 5) is 26.1. The lowest BCUT2D eigenvalue weighted by Crippen LogP contribution is -2.39. The van der Waals surface area contributed by atoms with Gasteiger partial charge in [0.2, 0.25) is 5.91 Å². The topological polar surface area (TPSA) is 88.8 Å². The summed E-state index contributed by atoms with van der Waals surface area (Å²) < 4.78 is 3.31. The maximum absolute atomic E-state index is 12.6. The molecular weight excluding hydrogens is 296 g/mol. The smallest absolute Gasteiger partial charge is 0.267 e. The van der Waals surface area contributed by atoms with Gasteiger partial charge >= 0.3 is 0 Å². The van der Waals surface area contributed by atoms with Crippen LogP contribution in [-0.2, 0) is 31.4 Å². The molecule has 1 amide bonds. The molecule has 0 atom stereocenters. The highest BCUT2D eigenvalue weighted by molar-refractivity contribution is 5.80. The van der Waals surface area contributed by atoms with E-state index in [1.54, 1.807) is 21.3 Å². The van der Waals surface area contributed by atoms with E-state index in [4.69, 9.17) is 0 Å². The Balaban J connectivity index is 1.56. The number of H-pyrrole nitrogens is 1. The largest absolute Gasteiger partial charge is 0.335 e. The van der Waals surface area contributed by atoms with Gasteiger partial charge in [0, 0.05) is 19.2 Å². The fraction of sp³-hybridized carbons (Fsp3) is 0.333. The van der Waals surface area contributed by atoms with E-state index < -0.39 is 0 Å². The first-order chi connectivity index (χ1) is 11.1. The lowest BCUT2D eigenvalue weighted by molar-refractivity contribution is -0.133. The van der Waals surface area contributed by atoms with Crippen LogP contribution in [0.4, 0.5) is 0 Å². The van der Waals surface area contributed by atoms with E-state index in [1.165, 1.54) is 0 Å². The molecule has 8 nitrogen and oxygen atoms in total. The van der Waals surface area contributed by atoms with E-state index in [0.29, 0.717) is 19.5 Å². The molecule has 1 aliphatic rings. The third kappa shape index (κ3) is 2.23. The van der Waals surface area contributed by atoms with Gasteiger partial charge < -0.3 is 4.90 Å². The quantitative estimate of drug-likeness (QED) is 0.724. The molecule has 1 N–H and O–H groups in total. The number of nitrogens with one attached hydrogen (secondary N) is 1. The lowest BCUT2D eigenvalue weighted by atomic mass is 10.1. The first kappa shape index (κ1) is 13.7. The monoisotopic (exact) mass is 312 g/mol. The van der Waals surface area contributed by atoms with Gasteiger partial charge in [-0.25, -0.2) is 4.68 Å². The number of hydrogen-bond donors (Lipinski definition) is 1. The average Bonchev–Trinajstić information content (AvgIpc) is 3.09. The predicted octanol–water partition coefficient (Wildman–Crippen LogP) is 0.0430. The van der Waals surface area contributed by atoms with Gasteiger partial charge in [-0.2, -0.15) is 0 Å². The van der Waals surface area contributed by atoms with Crippen LogP contribution in [0.15, 0.2) is 29.1 Å². The Kier molecular flexibility index (Phi) is 3.03. The van der Waals surface area contributed by atoms with Crippen molar-refractivity contribution in [2.75, 3.05) is 6.54 Å². The number of fused-ring (bicyclic) bond motifs is 2. The number of amides is 1. The molecule has 8 heteroatoms. The van der Waals surface area contributed by atoms with Crippen molar-refractivity contribution in [2.24, 2.45) is 7.05 Å². The number of para-hydroxylation sites is 1. The van der Waals surface area contributed by atoms with Crippen LogP contribution in [0.2, 0.25) is 0 Å². The van der Waals surface area contributed by atoms with Crippen molar-refractivity contribution >= 4 is 16.9 Å². The number of carbonyl (C=O) groups is 1. The van der Waals surface area contributed by atoms with Gasteiger partial charge in [-0.3, -0.25) is 19.4 Å². The Bertz CT molecular complexity index is 950. The predicted molar refractivity (Wildman–Crippen MR) is 82.7 cm³/mol. The summed E-state index contributed by atoms with van der Waals surface area (Å²) in [7, 11) is 1.79. The zero-order valence-electron chi connectivity index (χ0n) is 12.7. The molecule has 4 rings (SSSR count). The maximum atomic E-state index is 12.6. The Labute approximate surface area is 131 Å². The van der Waals surface area contributed by atoms with Gasteiger partial charge in [0.05, 0.1) is 17.8 Å². The van der Waals surface area contributed by atoms with Crippen molar-refractivity contribution < 1.29 is 4.79 Å². The van der Waals surface area contributed by atoms with E-state index >= 15 is 0 Å². The molecule has 0 radical (unpaired) electrons. The Morgan fingerprint density at radius 2 is 2.17 bits per heavy atom. The van der Waals surface area contributed by atoms with E-state index in [0.717, 1.165) is 22.3 Å². The van der Waals surface area contributed by atoms with Gasteiger partial charge in [0.1, 0.15) is 12.1 Å². The molecule has 0 saturated carbocycles. The molecule has 23 heavy (non-hydrogen) atoms. The van der Waals surface area contributed by atoms with Gasteiger partial charge in [0.25, 0.3) is 5.56 Å². The van der Waals surface area contributed by atoms with E-state index in [2.05, 4.69) is 15.4 Å².